The summed E-state index contributed by atoms with van der Waals surface area (Å²) < 4.78 is 0. The van der Waals surface area contributed by atoms with Crippen LogP contribution < -0.4 is 5.32 Å². The van der Waals surface area contributed by atoms with Gasteiger partial charge in [-0.2, -0.15) is 0 Å². The van der Waals surface area contributed by atoms with Gasteiger partial charge in [-0.15, -0.1) is 11.3 Å². The smallest absolute Gasteiger partial charge is 0.0937 e. The van der Waals surface area contributed by atoms with E-state index in [4.69, 9.17) is 0 Å². The number of nitrogens with one attached hydrogen (secondary N) is 1. The Morgan fingerprint density at radius 3 is 2.39 bits per heavy atom. The van der Waals surface area contributed by atoms with Crippen molar-refractivity contribution in [2.45, 2.75) is 64.7 Å². The Morgan fingerprint density at radius 2 is 1.72 bits per heavy atom. The van der Waals surface area contributed by atoms with Gasteiger partial charge in [0.15, 0.2) is 0 Å². The van der Waals surface area contributed by atoms with Gasteiger partial charge in [0.25, 0.3) is 0 Å². The number of rotatable bonds is 12. The maximum Gasteiger partial charge on any atom is 0.0937 e. The third kappa shape index (κ3) is 8.65. The second kappa shape index (κ2) is 11.7. The molecule has 1 N–H and O–H groups in total. The summed E-state index contributed by atoms with van der Waals surface area (Å²) in [6.07, 6.45) is 14.2. The first-order chi connectivity index (χ1) is 8.93. The molecule has 0 saturated heterocycles. The number of nitrogens with zero attached hydrogens (tertiary/aromatic N) is 1. The van der Waals surface area contributed by atoms with Gasteiger partial charge < -0.3 is 5.32 Å². The first kappa shape index (κ1) is 15.6. The summed E-state index contributed by atoms with van der Waals surface area (Å²) in [6.45, 7) is 4.52. The van der Waals surface area contributed by atoms with Crippen LogP contribution in [0.15, 0.2) is 11.6 Å². The Labute approximate surface area is 116 Å². The normalized spacial score (nSPS) is 10.9. The lowest BCUT2D eigenvalue weighted by atomic mass is 10.1. The SMILES string of the molecule is CCCCCCCCCCNCCc1nccs1. The standard InChI is InChI=1S/C15H28N2S/c1-2-3-4-5-6-7-8-9-11-16-12-10-15-17-13-14-18-15/h13-14,16H,2-12H2,1H3. The summed E-state index contributed by atoms with van der Waals surface area (Å²) in [5, 5.41) is 6.80. The zero-order chi connectivity index (χ0) is 12.9. The van der Waals surface area contributed by atoms with E-state index in [2.05, 4.69) is 17.2 Å². The number of unbranched alkanes of at least 4 members (excludes halogenated alkanes) is 7. The van der Waals surface area contributed by atoms with Crippen molar-refractivity contribution in [3.05, 3.63) is 16.6 Å². The lowest BCUT2D eigenvalue weighted by Gasteiger charge is -2.03. The predicted octanol–water partition coefficient (Wildman–Crippen LogP) is 4.42. The van der Waals surface area contributed by atoms with E-state index >= 15 is 0 Å². The van der Waals surface area contributed by atoms with Gasteiger partial charge in [-0.3, -0.25) is 0 Å². The van der Waals surface area contributed by atoms with E-state index in [9.17, 15) is 0 Å². The molecule has 104 valence electrons. The van der Waals surface area contributed by atoms with Crippen molar-refractivity contribution < 1.29 is 0 Å². The molecule has 0 unspecified atom stereocenters. The molecular weight excluding hydrogens is 240 g/mol. The molecule has 0 aliphatic carbocycles. The minimum absolute atomic E-state index is 1.07. The van der Waals surface area contributed by atoms with Crippen molar-refractivity contribution in [3.8, 4) is 0 Å². The lowest BCUT2D eigenvalue weighted by Crippen LogP contribution is -2.18. The van der Waals surface area contributed by atoms with Crippen LogP contribution in [0.1, 0.15) is 63.3 Å². The maximum absolute atomic E-state index is 4.28. The summed E-state index contributed by atoms with van der Waals surface area (Å²) in [5.41, 5.74) is 0. The Balaban J connectivity index is 1.73. The van der Waals surface area contributed by atoms with Crippen molar-refractivity contribution in [2.75, 3.05) is 13.1 Å². The highest BCUT2D eigenvalue weighted by atomic mass is 32.1. The molecule has 0 aliphatic rings. The third-order valence-electron chi connectivity index (χ3n) is 3.21. The van der Waals surface area contributed by atoms with Crippen molar-refractivity contribution in [1.29, 1.82) is 0 Å². The topological polar surface area (TPSA) is 24.9 Å². The van der Waals surface area contributed by atoms with Crippen molar-refractivity contribution in [2.24, 2.45) is 0 Å². The molecule has 1 aromatic rings. The van der Waals surface area contributed by atoms with Crippen molar-refractivity contribution in [3.63, 3.8) is 0 Å². The van der Waals surface area contributed by atoms with E-state index in [0.29, 0.717) is 0 Å². The van der Waals surface area contributed by atoms with Crippen LogP contribution in [0.3, 0.4) is 0 Å². The number of thiazole rings is 1. The average Bonchev–Trinajstić information content (AvgIpc) is 2.89. The molecule has 18 heavy (non-hydrogen) atoms. The van der Waals surface area contributed by atoms with Gasteiger partial charge in [-0.1, -0.05) is 51.9 Å². The maximum atomic E-state index is 4.28. The number of aromatic nitrogens is 1. The highest BCUT2D eigenvalue weighted by Gasteiger charge is 1.95. The summed E-state index contributed by atoms with van der Waals surface area (Å²) >= 11 is 1.75. The summed E-state index contributed by atoms with van der Waals surface area (Å²) in [5.74, 6) is 0. The van der Waals surface area contributed by atoms with Crippen molar-refractivity contribution >= 4 is 11.3 Å². The second-order valence-corrected chi connectivity index (χ2v) is 5.88. The number of hydrogen-bond acceptors (Lipinski definition) is 3. The van der Waals surface area contributed by atoms with Crippen LogP contribution in [0, 0.1) is 0 Å². The predicted molar refractivity (Wildman–Crippen MR) is 81.3 cm³/mol. The van der Waals surface area contributed by atoms with Crippen LogP contribution in [0.5, 0.6) is 0 Å². The molecule has 1 rings (SSSR count). The molecule has 0 spiro atoms. The van der Waals surface area contributed by atoms with E-state index in [1.807, 2.05) is 11.6 Å². The molecular formula is C15H28N2S. The minimum atomic E-state index is 1.07. The van der Waals surface area contributed by atoms with Crippen molar-refractivity contribution in [1.82, 2.24) is 10.3 Å². The quantitative estimate of drug-likeness (QED) is 0.568. The van der Waals surface area contributed by atoms with Gasteiger partial charge in [-0.25, -0.2) is 4.98 Å². The molecule has 0 saturated carbocycles. The first-order valence-corrected chi connectivity index (χ1v) is 8.40. The second-order valence-electron chi connectivity index (χ2n) is 4.90. The molecule has 0 aliphatic heterocycles. The summed E-state index contributed by atoms with van der Waals surface area (Å²) in [4.78, 5) is 4.28. The minimum Gasteiger partial charge on any atom is -0.316 e. The molecule has 1 heterocycles. The van der Waals surface area contributed by atoms with E-state index < -0.39 is 0 Å². The lowest BCUT2D eigenvalue weighted by molar-refractivity contribution is 0.555. The molecule has 1 aromatic heterocycles. The fraction of sp³-hybridized carbons (Fsp3) is 0.800. The molecule has 0 aromatic carbocycles. The Hall–Kier alpha value is -0.410. The van der Waals surface area contributed by atoms with E-state index in [1.54, 1.807) is 11.3 Å². The molecule has 0 radical (unpaired) electrons. The third-order valence-corrected chi connectivity index (χ3v) is 4.05. The van der Waals surface area contributed by atoms with Gasteiger partial charge >= 0.3 is 0 Å². The Bertz CT molecular complexity index is 259. The largest absolute Gasteiger partial charge is 0.316 e. The molecule has 0 amide bonds. The fourth-order valence-corrected chi connectivity index (χ4v) is 2.70. The highest BCUT2D eigenvalue weighted by Crippen LogP contribution is 2.08. The zero-order valence-electron chi connectivity index (χ0n) is 11.8. The van der Waals surface area contributed by atoms with Gasteiger partial charge in [-0.05, 0) is 13.0 Å². The molecule has 0 atom stereocenters. The van der Waals surface area contributed by atoms with Gasteiger partial charge in [0.05, 0.1) is 5.01 Å². The van der Waals surface area contributed by atoms with E-state index in [0.717, 1.165) is 13.0 Å². The van der Waals surface area contributed by atoms with Crippen LogP contribution in [-0.4, -0.2) is 18.1 Å². The van der Waals surface area contributed by atoms with Gasteiger partial charge in [0.1, 0.15) is 0 Å². The zero-order valence-corrected chi connectivity index (χ0v) is 12.6. The Kier molecular flexibility index (Phi) is 10.1. The molecule has 2 nitrogen and oxygen atoms in total. The summed E-state index contributed by atoms with van der Waals surface area (Å²) in [7, 11) is 0. The van der Waals surface area contributed by atoms with Crippen LogP contribution in [0.2, 0.25) is 0 Å². The molecule has 0 fully saturated rings. The van der Waals surface area contributed by atoms with Crippen LogP contribution >= 0.6 is 11.3 Å². The average molecular weight is 268 g/mol. The number of hydrogen-bond donors (Lipinski definition) is 1. The summed E-state index contributed by atoms with van der Waals surface area (Å²) in [6, 6.07) is 0. The van der Waals surface area contributed by atoms with E-state index in [1.165, 1.54) is 62.9 Å². The van der Waals surface area contributed by atoms with E-state index in [-0.39, 0.29) is 0 Å². The first-order valence-electron chi connectivity index (χ1n) is 7.52. The fourth-order valence-electron chi connectivity index (χ4n) is 2.08. The molecule has 0 bridgehead atoms. The van der Waals surface area contributed by atoms with Crippen LogP contribution in [-0.2, 0) is 6.42 Å². The highest BCUT2D eigenvalue weighted by molar-refractivity contribution is 7.09. The molecule has 3 heteroatoms. The Morgan fingerprint density at radius 1 is 1.00 bits per heavy atom. The van der Waals surface area contributed by atoms with Gasteiger partial charge in [0, 0.05) is 24.5 Å². The van der Waals surface area contributed by atoms with Crippen LogP contribution in [0.25, 0.3) is 0 Å². The monoisotopic (exact) mass is 268 g/mol. The van der Waals surface area contributed by atoms with Gasteiger partial charge in [0.2, 0.25) is 0 Å². The van der Waals surface area contributed by atoms with Crippen LogP contribution in [0.4, 0.5) is 0 Å².